The van der Waals surface area contributed by atoms with Gasteiger partial charge in [0, 0.05) is 39.3 Å². The molecule has 2 aliphatic rings. The summed E-state index contributed by atoms with van der Waals surface area (Å²) in [6.07, 6.45) is 9.32. The summed E-state index contributed by atoms with van der Waals surface area (Å²) in [5.41, 5.74) is 0. The minimum atomic E-state index is 0.221. The minimum absolute atomic E-state index is 0.221. The van der Waals surface area contributed by atoms with E-state index in [1.807, 2.05) is 14.1 Å². The average molecular weight is 267 g/mol. The summed E-state index contributed by atoms with van der Waals surface area (Å²) in [7, 11) is 3.67. The summed E-state index contributed by atoms with van der Waals surface area (Å²) < 4.78 is 0. The van der Waals surface area contributed by atoms with Gasteiger partial charge in [0.15, 0.2) is 0 Å². The van der Waals surface area contributed by atoms with Crippen molar-refractivity contribution >= 4 is 5.91 Å². The van der Waals surface area contributed by atoms with Crippen molar-refractivity contribution in [2.75, 3.05) is 33.7 Å². The molecule has 1 N–H and O–H groups in total. The van der Waals surface area contributed by atoms with Crippen LogP contribution < -0.4 is 5.32 Å². The molecule has 0 unspecified atom stereocenters. The zero-order chi connectivity index (χ0) is 13.7. The van der Waals surface area contributed by atoms with Gasteiger partial charge in [-0.05, 0) is 25.7 Å². The number of nitrogens with one attached hydrogen (secondary N) is 1. The zero-order valence-electron chi connectivity index (χ0n) is 12.5. The first-order chi connectivity index (χ1) is 9.15. The molecule has 0 aromatic rings. The summed E-state index contributed by atoms with van der Waals surface area (Å²) in [6.45, 7) is 2.71. The zero-order valence-corrected chi connectivity index (χ0v) is 12.5. The lowest BCUT2D eigenvalue weighted by Gasteiger charge is -2.35. The number of carbonyl (C=O) groups is 1. The molecule has 4 nitrogen and oxygen atoms in total. The molecule has 1 heterocycles. The molecular weight excluding hydrogens is 238 g/mol. The molecule has 0 atom stereocenters. The Kier molecular flexibility index (Phi) is 5.64. The second-order valence-electron chi connectivity index (χ2n) is 6.34. The Morgan fingerprint density at radius 1 is 1.05 bits per heavy atom. The number of rotatable bonds is 4. The third-order valence-electron chi connectivity index (χ3n) is 4.52. The number of carbonyl (C=O) groups excluding carboxylic acids is 1. The van der Waals surface area contributed by atoms with E-state index >= 15 is 0 Å². The van der Waals surface area contributed by atoms with Crippen molar-refractivity contribution in [2.24, 2.45) is 0 Å². The Labute approximate surface area is 117 Å². The SMILES string of the molecule is CN(C)C(=O)CN1CCC(NC2CCCCC2)CC1. The predicted octanol–water partition coefficient (Wildman–Crippen LogP) is 1.46. The summed E-state index contributed by atoms with van der Waals surface area (Å²) in [5.74, 6) is 0.221. The van der Waals surface area contributed by atoms with Crippen molar-refractivity contribution in [3.05, 3.63) is 0 Å². The van der Waals surface area contributed by atoms with Gasteiger partial charge in [0.2, 0.25) is 5.91 Å². The smallest absolute Gasteiger partial charge is 0.236 e. The van der Waals surface area contributed by atoms with E-state index in [-0.39, 0.29) is 5.91 Å². The number of piperidine rings is 1. The number of amides is 1. The third-order valence-corrected chi connectivity index (χ3v) is 4.52. The van der Waals surface area contributed by atoms with Crippen molar-refractivity contribution in [1.29, 1.82) is 0 Å². The quantitative estimate of drug-likeness (QED) is 0.837. The van der Waals surface area contributed by atoms with E-state index in [9.17, 15) is 4.79 Å². The van der Waals surface area contributed by atoms with Crippen LogP contribution in [0.15, 0.2) is 0 Å². The molecule has 1 aliphatic heterocycles. The number of nitrogens with zero attached hydrogens (tertiary/aromatic N) is 2. The van der Waals surface area contributed by atoms with E-state index in [1.165, 1.54) is 44.9 Å². The lowest BCUT2D eigenvalue weighted by Crippen LogP contribution is -2.48. The van der Waals surface area contributed by atoms with Crippen LogP contribution in [-0.2, 0) is 4.79 Å². The van der Waals surface area contributed by atoms with Crippen LogP contribution in [0.2, 0.25) is 0 Å². The number of hydrogen-bond acceptors (Lipinski definition) is 3. The normalized spacial score (nSPS) is 23.5. The molecule has 110 valence electrons. The van der Waals surface area contributed by atoms with Gasteiger partial charge in [0.05, 0.1) is 6.54 Å². The van der Waals surface area contributed by atoms with Crippen molar-refractivity contribution in [1.82, 2.24) is 15.1 Å². The molecule has 19 heavy (non-hydrogen) atoms. The molecule has 0 aromatic carbocycles. The standard InChI is InChI=1S/C15H29N3O/c1-17(2)15(19)12-18-10-8-14(9-11-18)16-13-6-4-3-5-7-13/h13-14,16H,3-12H2,1-2H3. The minimum Gasteiger partial charge on any atom is -0.348 e. The highest BCUT2D eigenvalue weighted by atomic mass is 16.2. The summed E-state index contributed by atoms with van der Waals surface area (Å²) in [5, 5.41) is 3.83. The Hall–Kier alpha value is -0.610. The molecule has 1 saturated carbocycles. The molecule has 4 heteroatoms. The molecule has 1 aliphatic carbocycles. The number of likely N-dealkylation sites (N-methyl/N-ethyl adjacent to an activating group) is 1. The maximum Gasteiger partial charge on any atom is 0.236 e. The maximum absolute atomic E-state index is 11.7. The molecule has 2 fully saturated rings. The fourth-order valence-corrected chi connectivity index (χ4v) is 3.19. The number of likely N-dealkylation sites (tertiary alicyclic amines) is 1. The molecule has 2 rings (SSSR count). The molecular formula is C15H29N3O. The van der Waals surface area contributed by atoms with Gasteiger partial charge in [-0.1, -0.05) is 19.3 Å². The van der Waals surface area contributed by atoms with E-state index in [4.69, 9.17) is 0 Å². The first-order valence-electron chi connectivity index (χ1n) is 7.83. The third kappa shape index (κ3) is 4.77. The maximum atomic E-state index is 11.7. The van der Waals surface area contributed by atoms with Crippen molar-refractivity contribution in [2.45, 2.75) is 57.0 Å². The monoisotopic (exact) mass is 267 g/mol. The van der Waals surface area contributed by atoms with Gasteiger partial charge in [-0.2, -0.15) is 0 Å². The van der Waals surface area contributed by atoms with Crippen LogP contribution in [-0.4, -0.2) is 61.5 Å². The van der Waals surface area contributed by atoms with Crippen LogP contribution in [0.3, 0.4) is 0 Å². The topological polar surface area (TPSA) is 35.6 Å². The van der Waals surface area contributed by atoms with Crippen molar-refractivity contribution in [3.63, 3.8) is 0 Å². The first kappa shape index (κ1) is 14.8. The van der Waals surface area contributed by atoms with Gasteiger partial charge >= 0.3 is 0 Å². The van der Waals surface area contributed by atoms with E-state index in [0.717, 1.165) is 19.1 Å². The van der Waals surface area contributed by atoms with E-state index in [0.29, 0.717) is 12.6 Å². The van der Waals surface area contributed by atoms with Gasteiger partial charge in [-0.25, -0.2) is 0 Å². The second kappa shape index (κ2) is 7.25. The van der Waals surface area contributed by atoms with Gasteiger partial charge in [-0.15, -0.1) is 0 Å². The van der Waals surface area contributed by atoms with Gasteiger partial charge in [0.1, 0.15) is 0 Å². The van der Waals surface area contributed by atoms with Crippen LogP contribution in [0.25, 0.3) is 0 Å². The summed E-state index contributed by atoms with van der Waals surface area (Å²) in [6, 6.07) is 1.43. The van der Waals surface area contributed by atoms with Crippen molar-refractivity contribution in [3.8, 4) is 0 Å². The Morgan fingerprint density at radius 2 is 1.63 bits per heavy atom. The lowest BCUT2D eigenvalue weighted by atomic mass is 9.93. The van der Waals surface area contributed by atoms with Crippen LogP contribution >= 0.6 is 0 Å². The largest absolute Gasteiger partial charge is 0.348 e. The molecule has 1 amide bonds. The van der Waals surface area contributed by atoms with Crippen LogP contribution in [0.1, 0.15) is 44.9 Å². The fraction of sp³-hybridized carbons (Fsp3) is 0.933. The Morgan fingerprint density at radius 3 is 2.21 bits per heavy atom. The molecule has 0 spiro atoms. The first-order valence-corrected chi connectivity index (χ1v) is 7.83. The molecule has 1 saturated heterocycles. The van der Waals surface area contributed by atoms with E-state index in [2.05, 4.69) is 10.2 Å². The Balaban J connectivity index is 1.65. The average Bonchev–Trinajstić information content (AvgIpc) is 2.42. The van der Waals surface area contributed by atoms with E-state index in [1.54, 1.807) is 4.90 Å². The van der Waals surface area contributed by atoms with Crippen LogP contribution in [0.4, 0.5) is 0 Å². The van der Waals surface area contributed by atoms with Gasteiger partial charge in [-0.3, -0.25) is 9.69 Å². The van der Waals surface area contributed by atoms with Crippen LogP contribution in [0, 0.1) is 0 Å². The number of hydrogen-bond donors (Lipinski definition) is 1. The lowest BCUT2D eigenvalue weighted by molar-refractivity contribution is -0.130. The van der Waals surface area contributed by atoms with Gasteiger partial charge < -0.3 is 10.2 Å². The van der Waals surface area contributed by atoms with Crippen molar-refractivity contribution < 1.29 is 4.79 Å². The summed E-state index contributed by atoms with van der Waals surface area (Å²) in [4.78, 5) is 15.7. The highest BCUT2D eigenvalue weighted by molar-refractivity contribution is 5.77. The predicted molar refractivity (Wildman–Crippen MR) is 78.2 cm³/mol. The fourth-order valence-electron chi connectivity index (χ4n) is 3.19. The molecule has 0 aromatic heterocycles. The highest BCUT2D eigenvalue weighted by Gasteiger charge is 2.23. The molecule has 0 bridgehead atoms. The van der Waals surface area contributed by atoms with E-state index < -0.39 is 0 Å². The highest BCUT2D eigenvalue weighted by Crippen LogP contribution is 2.20. The van der Waals surface area contributed by atoms with Gasteiger partial charge in [0.25, 0.3) is 0 Å². The molecule has 0 radical (unpaired) electrons. The van der Waals surface area contributed by atoms with Crippen LogP contribution in [0.5, 0.6) is 0 Å². The Bertz CT molecular complexity index is 279. The summed E-state index contributed by atoms with van der Waals surface area (Å²) >= 11 is 0. The second-order valence-corrected chi connectivity index (χ2v) is 6.34.